The molecule has 1 amide bonds. The van der Waals surface area contributed by atoms with Crippen molar-refractivity contribution < 1.29 is 33.0 Å². The highest BCUT2D eigenvalue weighted by Crippen LogP contribution is 2.43. The summed E-state index contributed by atoms with van der Waals surface area (Å²) in [7, 11) is 0. The number of anilines is 1. The standard InChI is InChI=1S/C20H19F3N2O4/c1-11(19(27)25-28)9-24-17-8-15(18-14(6-7-29-18)16(17)10-26)12-2-4-13(5-3-12)20(21,22)23/h2-5,8,24,26,28H,1,6-7,9-10H2,(H,25,27). The van der Waals surface area contributed by atoms with Crippen LogP contribution in [0.25, 0.3) is 11.1 Å². The average molecular weight is 408 g/mol. The van der Waals surface area contributed by atoms with E-state index in [9.17, 15) is 23.1 Å². The zero-order valence-corrected chi connectivity index (χ0v) is 15.3. The van der Waals surface area contributed by atoms with E-state index >= 15 is 0 Å². The molecule has 0 aromatic heterocycles. The second kappa shape index (κ2) is 8.14. The second-order valence-corrected chi connectivity index (χ2v) is 6.49. The molecule has 0 saturated heterocycles. The molecular formula is C20H19F3N2O4. The number of rotatable bonds is 6. The lowest BCUT2D eigenvalue weighted by Crippen LogP contribution is -2.24. The summed E-state index contributed by atoms with van der Waals surface area (Å²) in [6.07, 6.45) is -3.90. The molecule has 9 heteroatoms. The van der Waals surface area contributed by atoms with Gasteiger partial charge in [0, 0.05) is 40.9 Å². The molecule has 2 aromatic carbocycles. The molecule has 2 aromatic rings. The molecule has 1 aliphatic heterocycles. The first-order chi connectivity index (χ1) is 13.8. The van der Waals surface area contributed by atoms with E-state index in [1.165, 1.54) is 17.6 Å². The van der Waals surface area contributed by atoms with Crippen LogP contribution in [0.2, 0.25) is 0 Å². The average Bonchev–Trinajstić information content (AvgIpc) is 3.19. The van der Waals surface area contributed by atoms with E-state index in [-0.39, 0.29) is 18.7 Å². The highest BCUT2D eigenvalue weighted by Gasteiger charge is 2.30. The first kappa shape index (κ1) is 20.7. The molecule has 0 fully saturated rings. The summed E-state index contributed by atoms with van der Waals surface area (Å²) in [5.41, 5.74) is 3.71. The normalized spacial score (nSPS) is 12.9. The molecule has 3 rings (SSSR count). The zero-order chi connectivity index (χ0) is 21.2. The van der Waals surface area contributed by atoms with Gasteiger partial charge in [-0.15, -0.1) is 0 Å². The van der Waals surface area contributed by atoms with Gasteiger partial charge >= 0.3 is 6.18 Å². The van der Waals surface area contributed by atoms with E-state index in [0.29, 0.717) is 41.2 Å². The number of benzene rings is 2. The third kappa shape index (κ3) is 4.20. The fraction of sp³-hybridized carbons (Fsp3) is 0.250. The Morgan fingerprint density at radius 2 is 1.93 bits per heavy atom. The lowest BCUT2D eigenvalue weighted by Gasteiger charge is -2.18. The number of carbonyl (C=O) groups is 1. The summed E-state index contributed by atoms with van der Waals surface area (Å²) in [6.45, 7) is 3.64. The Balaban J connectivity index is 2.00. The quantitative estimate of drug-likeness (QED) is 0.335. The number of aliphatic hydroxyl groups excluding tert-OH is 1. The van der Waals surface area contributed by atoms with Gasteiger partial charge in [0.15, 0.2) is 0 Å². The summed E-state index contributed by atoms with van der Waals surface area (Å²) >= 11 is 0. The number of hydrogen-bond donors (Lipinski definition) is 4. The van der Waals surface area contributed by atoms with Crippen LogP contribution in [0.1, 0.15) is 16.7 Å². The third-order valence-electron chi connectivity index (χ3n) is 4.69. The highest BCUT2D eigenvalue weighted by atomic mass is 19.4. The Labute approximate surface area is 164 Å². The number of carbonyl (C=O) groups excluding carboxylic acids is 1. The van der Waals surface area contributed by atoms with Crippen LogP contribution in [0, 0.1) is 0 Å². The number of alkyl halides is 3. The van der Waals surface area contributed by atoms with Crippen LogP contribution in [0.5, 0.6) is 5.75 Å². The van der Waals surface area contributed by atoms with E-state index in [2.05, 4.69) is 11.9 Å². The van der Waals surface area contributed by atoms with Gasteiger partial charge in [-0.1, -0.05) is 18.7 Å². The van der Waals surface area contributed by atoms with Gasteiger partial charge in [0.1, 0.15) is 5.75 Å². The topological polar surface area (TPSA) is 90.8 Å². The first-order valence-corrected chi connectivity index (χ1v) is 8.72. The van der Waals surface area contributed by atoms with Crippen LogP contribution in [-0.2, 0) is 24.0 Å². The van der Waals surface area contributed by atoms with Gasteiger partial charge in [-0.2, -0.15) is 13.2 Å². The summed E-state index contributed by atoms with van der Waals surface area (Å²) in [5, 5.41) is 21.5. The zero-order valence-electron chi connectivity index (χ0n) is 15.3. The van der Waals surface area contributed by atoms with Crippen LogP contribution in [-0.4, -0.2) is 29.4 Å². The van der Waals surface area contributed by atoms with Crippen LogP contribution in [0.15, 0.2) is 42.5 Å². The number of aliphatic hydroxyl groups is 1. The lowest BCUT2D eigenvalue weighted by molar-refractivity contribution is -0.137. The minimum Gasteiger partial charge on any atom is -0.492 e. The van der Waals surface area contributed by atoms with E-state index in [1.54, 1.807) is 6.07 Å². The van der Waals surface area contributed by atoms with Crippen molar-refractivity contribution in [3.63, 3.8) is 0 Å². The van der Waals surface area contributed by atoms with Crippen LogP contribution < -0.4 is 15.5 Å². The van der Waals surface area contributed by atoms with Crippen molar-refractivity contribution in [3.8, 4) is 16.9 Å². The Kier molecular flexibility index (Phi) is 5.81. The lowest BCUT2D eigenvalue weighted by atomic mass is 9.94. The van der Waals surface area contributed by atoms with Crippen LogP contribution in [0.4, 0.5) is 18.9 Å². The Hall–Kier alpha value is -3.04. The van der Waals surface area contributed by atoms with E-state index in [1.807, 2.05) is 0 Å². The maximum Gasteiger partial charge on any atom is 0.416 e. The van der Waals surface area contributed by atoms with Crippen molar-refractivity contribution in [3.05, 3.63) is 59.2 Å². The van der Waals surface area contributed by atoms with Gasteiger partial charge in [-0.25, -0.2) is 5.48 Å². The minimum atomic E-state index is -4.43. The molecule has 29 heavy (non-hydrogen) atoms. The summed E-state index contributed by atoms with van der Waals surface area (Å²) < 4.78 is 44.2. The fourth-order valence-corrected chi connectivity index (χ4v) is 3.20. The molecule has 0 spiro atoms. The van der Waals surface area contributed by atoms with Gasteiger partial charge in [-0.3, -0.25) is 10.0 Å². The molecule has 0 aliphatic carbocycles. The number of ether oxygens (including phenoxy) is 1. The molecule has 6 nitrogen and oxygen atoms in total. The van der Waals surface area contributed by atoms with Crippen molar-refractivity contribution in [2.24, 2.45) is 0 Å². The number of nitrogens with one attached hydrogen (secondary N) is 2. The number of hydrogen-bond acceptors (Lipinski definition) is 5. The largest absolute Gasteiger partial charge is 0.492 e. The molecule has 154 valence electrons. The smallest absolute Gasteiger partial charge is 0.416 e. The van der Waals surface area contributed by atoms with Crippen LogP contribution in [0.3, 0.4) is 0 Å². The second-order valence-electron chi connectivity index (χ2n) is 6.49. The van der Waals surface area contributed by atoms with Gasteiger partial charge in [0.25, 0.3) is 5.91 Å². The molecule has 1 heterocycles. The molecule has 1 aliphatic rings. The van der Waals surface area contributed by atoms with Gasteiger partial charge in [-0.05, 0) is 23.8 Å². The first-order valence-electron chi connectivity index (χ1n) is 8.72. The van der Waals surface area contributed by atoms with Crippen molar-refractivity contribution >= 4 is 11.6 Å². The van der Waals surface area contributed by atoms with E-state index in [0.717, 1.165) is 17.7 Å². The maximum atomic E-state index is 12.9. The van der Waals surface area contributed by atoms with E-state index in [4.69, 9.17) is 9.94 Å². The van der Waals surface area contributed by atoms with Gasteiger partial charge in [0.2, 0.25) is 0 Å². The molecular weight excluding hydrogens is 389 g/mol. The van der Waals surface area contributed by atoms with Crippen molar-refractivity contribution in [1.29, 1.82) is 0 Å². The monoisotopic (exact) mass is 408 g/mol. The van der Waals surface area contributed by atoms with Crippen molar-refractivity contribution in [2.45, 2.75) is 19.2 Å². The minimum absolute atomic E-state index is 0.00844. The predicted molar refractivity (Wildman–Crippen MR) is 99.6 cm³/mol. The number of amides is 1. The van der Waals surface area contributed by atoms with Crippen molar-refractivity contribution in [2.75, 3.05) is 18.5 Å². The molecule has 0 radical (unpaired) electrons. The maximum absolute atomic E-state index is 12.9. The Morgan fingerprint density at radius 1 is 1.24 bits per heavy atom. The molecule has 0 unspecified atom stereocenters. The number of fused-ring (bicyclic) bond motifs is 1. The highest BCUT2D eigenvalue weighted by molar-refractivity contribution is 5.93. The SMILES string of the molecule is C=C(CNc1cc(-c2ccc(C(F)(F)F)cc2)c2c(c1CO)CCO2)C(=O)NO. The van der Waals surface area contributed by atoms with E-state index < -0.39 is 17.6 Å². The molecule has 4 N–H and O–H groups in total. The van der Waals surface area contributed by atoms with Crippen LogP contribution >= 0.6 is 0 Å². The summed E-state index contributed by atoms with van der Waals surface area (Å²) in [4.78, 5) is 11.4. The fourth-order valence-electron chi connectivity index (χ4n) is 3.20. The molecule has 0 atom stereocenters. The summed E-state index contributed by atoms with van der Waals surface area (Å²) in [6, 6.07) is 6.37. The third-order valence-corrected chi connectivity index (χ3v) is 4.69. The van der Waals surface area contributed by atoms with Gasteiger partial charge in [0.05, 0.1) is 18.8 Å². The van der Waals surface area contributed by atoms with Crippen molar-refractivity contribution in [1.82, 2.24) is 5.48 Å². The molecule has 0 bridgehead atoms. The Morgan fingerprint density at radius 3 is 2.52 bits per heavy atom. The number of hydroxylamine groups is 1. The predicted octanol–water partition coefficient (Wildman–Crippen LogP) is 3.27. The van der Waals surface area contributed by atoms with Gasteiger partial charge < -0.3 is 15.2 Å². The summed E-state index contributed by atoms with van der Waals surface area (Å²) in [5.74, 6) is -0.234. The number of halogens is 3. The molecule has 0 saturated carbocycles. The Bertz CT molecular complexity index is 940.